The summed E-state index contributed by atoms with van der Waals surface area (Å²) in [5, 5.41) is 28.0. The summed E-state index contributed by atoms with van der Waals surface area (Å²) in [6, 6.07) is 3.61. The molecule has 0 spiro atoms. The van der Waals surface area contributed by atoms with E-state index in [1.807, 2.05) is 11.0 Å². The van der Waals surface area contributed by atoms with Crippen LogP contribution in [0.15, 0.2) is 12.3 Å². The molecule has 1 aliphatic rings. The zero-order valence-corrected chi connectivity index (χ0v) is 11.3. The van der Waals surface area contributed by atoms with Crippen LogP contribution in [0.5, 0.6) is 0 Å². The highest BCUT2D eigenvalue weighted by Gasteiger charge is 2.17. The van der Waals surface area contributed by atoms with Crippen LogP contribution in [-0.2, 0) is 0 Å². The molecule has 106 valence electrons. The van der Waals surface area contributed by atoms with Crippen molar-refractivity contribution >= 4 is 23.3 Å². The summed E-state index contributed by atoms with van der Waals surface area (Å²) < 4.78 is 1.40. The summed E-state index contributed by atoms with van der Waals surface area (Å²) >= 11 is 0. The lowest BCUT2D eigenvalue weighted by molar-refractivity contribution is 0.581. The van der Waals surface area contributed by atoms with Gasteiger partial charge in [0.15, 0.2) is 17.0 Å². The Balaban J connectivity index is 2.24. The van der Waals surface area contributed by atoms with Gasteiger partial charge in [0.1, 0.15) is 6.07 Å². The average molecular weight is 282 g/mol. The molecule has 8 nitrogen and oxygen atoms in total. The van der Waals surface area contributed by atoms with Gasteiger partial charge in [-0.25, -0.2) is 9.97 Å². The van der Waals surface area contributed by atoms with Crippen molar-refractivity contribution in [1.82, 2.24) is 19.9 Å². The van der Waals surface area contributed by atoms with E-state index in [2.05, 4.69) is 15.3 Å². The molecule has 0 bridgehead atoms. The van der Waals surface area contributed by atoms with Crippen molar-refractivity contribution < 1.29 is 0 Å². The molecule has 21 heavy (non-hydrogen) atoms. The third kappa shape index (κ3) is 2.23. The Hall–Kier alpha value is -2.79. The van der Waals surface area contributed by atoms with Crippen LogP contribution in [0.3, 0.4) is 0 Å². The lowest BCUT2D eigenvalue weighted by Gasteiger charge is -2.28. The third-order valence-corrected chi connectivity index (χ3v) is 3.45. The van der Waals surface area contributed by atoms with Gasteiger partial charge in [-0.15, -0.1) is 0 Å². The second-order valence-corrected chi connectivity index (χ2v) is 4.70. The minimum absolute atomic E-state index is 0.135. The molecular formula is C13H14N8. The van der Waals surface area contributed by atoms with Crippen LogP contribution in [0.1, 0.15) is 5.56 Å². The Morgan fingerprint density at radius 3 is 2.81 bits per heavy atom. The van der Waals surface area contributed by atoms with Crippen LogP contribution in [0, 0.1) is 22.1 Å². The van der Waals surface area contributed by atoms with E-state index in [4.69, 9.17) is 16.1 Å². The fourth-order valence-electron chi connectivity index (χ4n) is 2.38. The topological polar surface area (TPSA) is 117 Å². The molecule has 0 radical (unpaired) electrons. The van der Waals surface area contributed by atoms with Crippen LogP contribution in [0.4, 0.5) is 5.82 Å². The molecule has 3 N–H and O–H groups in total. The Kier molecular flexibility index (Phi) is 3.33. The van der Waals surface area contributed by atoms with Crippen molar-refractivity contribution in [2.75, 3.05) is 31.1 Å². The van der Waals surface area contributed by atoms with E-state index < -0.39 is 0 Å². The fraction of sp³-hybridized carbons (Fsp3) is 0.308. The first-order valence-corrected chi connectivity index (χ1v) is 6.58. The molecule has 2 aromatic heterocycles. The number of pyridine rings is 1. The highest BCUT2D eigenvalue weighted by atomic mass is 15.3. The molecule has 2 aromatic rings. The number of nitrogens with one attached hydrogen (secondary N) is 3. The maximum atomic E-state index is 8.95. The van der Waals surface area contributed by atoms with Crippen molar-refractivity contribution in [3.05, 3.63) is 23.3 Å². The zero-order chi connectivity index (χ0) is 14.8. The van der Waals surface area contributed by atoms with E-state index in [1.54, 1.807) is 6.07 Å². The molecule has 1 saturated heterocycles. The second-order valence-electron chi connectivity index (χ2n) is 4.70. The third-order valence-electron chi connectivity index (χ3n) is 3.45. The summed E-state index contributed by atoms with van der Waals surface area (Å²) in [4.78, 5) is 10.6. The molecule has 3 rings (SSSR count). The van der Waals surface area contributed by atoms with E-state index in [0.717, 1.165) is 32.5 Å². The van der Waals surface area contributed by atoms with Crippen LogP contribution < -0.4 is 15.7 Å². The molecule has 0 aliphatic carbocycles. The minimum Gasteiger partial charge on any atom is -0.351 e. The molecule has 1 fully saturated rings. The lowest BCUT2D eigenvalue weighted by atomic mass is 10.3. The Bertz CT molecular complexity index is 794. The maximum Gasteiger partial charge on any atom is 0.178 e. The van der Waals surface area contributed by atoms with E-state index in [-0.39, 0.29) is 5.49 Å². The van der Waals surface area contributed by atoms with E-state index in [9.17, 15) is 0 Å². The highest BCUT2D eigenvalue weighted by molar-refractivity contribution is 5.80. The summed E-state index contributed by atoms with van der Waals surface area (Å²) in [5.41, 5.74) is 1.44. The average Bonchev–Trinajstić information content (AvgIpc) is 2.54. The number of hydrogen-bond acceptors (Lipinski definition) is 7. The summed E-state index contributed by atoms with van der Waals surface area (Å²) in [5.74, 6) is 0.518. The predicted molar refractivity (Wildman–Crippen MR) is 77.4 cm³/mol. The summed E-state index contributed by atoms with van der Waals surface area (Å²) in [6.45, 7) is 3.20. The molecule has 0 saturated carbocycles. The molecular weight excluding hydrogens is 268 g/mol. The second kappa shape index (κ2) is 5.30. The van der Waals surface area contributed by atoms with E-state index in [0.29, 0.717) is 22.5 Å². The van der Waals surface area contributed by atoms with Gasteiger partial charge in [-0.2, -0.15) is 5.26 Å². The van der Waals surface area contributed by atoms with Gasteiger partial charge in [-0.1, -0.05) is 0 Å². The van der Waals surface area contributed by atoms with Gasteiger partial charge in [0.2, 0.25) is 0 Å². The molecule has 8 heteroatoms. The van der Waals surface area contributed by atoms with Gasteiger partial charge >= 0.3 is 0 Å². The van der Waals surface area contributed by atoms with Crippen LogP contribution in [-0.4, -0.2) is 47.1 Å². The van der Waals surface area contributed by atoms with Gasteiger partial charge in [0.05, 0.1) is 17.4 Å². The van der Waals surface area contributed by atoms with Gasteiger partial charge in [-0.3, -0.25) is 15.4 Å². The maximum absolute atomic E-state index is 8.95. The number of hydrogen-bond donors (Lipinski definition) is 3. The van der Waals surface area contributed by atoms with Crippen LogP contribution >= 0.6 is 0 Å². The number of rotatable bonds is 2. The summed E-state index contributed by atoms with van der Waals surface area (Å²) in [6.07, 6.45) is 2.51. The van der Waals surface area contributed by atoms with Crippen molar-refractivity contribution in [1.29, 1.82) is 16.1 Å². The predicted octanol–water partition coefficient (Wildman–Crippen LogP) is -0.353. The molecule has 3 heterocycles. The first kappa shape index (κ1) is 13.2. The first-order valence-electron chi connectivity index (χ1n) is 6.58. The Labute approximate surface area is 120 Å². The number of fused-ring (bicyclic) bond motifs is 1. The Morgan fingerprint density at radius 2 is 2.14 bits per heavy atom. The quantitative estimate of drug-likeness (QED) is 0.514. The zero-order valence-electron chi connectivity index (χ0n) is 11.3. The number of nitriles is 1. The smallest absolute Gasteiger partial charge is 0.178 e. The van der Waals surface area contributed by atoms with E-state index in [1.165, 1.54) is 10.8 Å². The van der Waals surface area contributed by atoms with Gasteiger partial charge < -0.3 is 10.2 Å². The Morgan fingerprint density at radius 1 is 1.38 bits per heavy atom. The monoisotopic (exact) mass is 282 g/mol. The normalized spacial score (nSPS) is 14.9. The number of aromatic nitrogens is 3. The fourth-order valence-corrected chi connectivity index (χ4v) is 2.38. The minimum atomic E-state index is 0.135. The largest absolute Gasteiger partial charge is 0.351 e. The number of piperazine rings is 1. The van der Waals surface area contributed by atoms with Crippen LogP contribution in [0.2, 0.25) is 0 Å². The van der Waals surface area contributed by atoms with Crippen molar-refractivity contribution in [3.8, 4) is 6.07 Å². The SMILES string of the molecule is N#Cc1cnc2nc(N3CCNCC3)c(=N)n(C=N)c2c1. The first-order chi connectivity index (χ1) is 10.2. The summed E-state index contributed by atoms with van der Waals surface area (Å²) in [7, 11) is 0. The lowest BCUT2D eigenvalue weighted by Crippen LogP contribution is -2.46. The molecule has 0 amide bonds. The van der Waals surface area contributed by atoms with Crippen molar-refractivity contribution in [2.24, 2.45) is 0 Å². The van der Waals surface area contributed by atoms with E-state index >= 15 is 0 Å². The van der Waals surface area contributed by atoms with Crippen molar-refractivity contribution in [2.45, 2.75) is 0 Å². The molecule has 0 aromatic carbocycles. The van der Waals surface area contributed by atoms with Crippen LogP contribution in [0.25, 0.3) is 11.2 Å². The molecule has 0 atom stereocenters. The highest BCUT2D eigenvalue weighted by Crippen LogP contribution is 2.13. The van der Waals surface area contributed by atoms with Gasteiger partial charge in [-0.05, 0) is 6.07 Å². The number of anilines is 1. The molecule has 0 unspecified atom stereocenters. The standard InChI is InChI=1S/C13H14N8/c14-6-9-5-10-12(18-7-9)19-13(11(16)21(10)8-15)20-3-1-17-2-4-20/h5,7-8,15-17H,1-4H2. The van der Waals surface area contributed by atoms with Crippen molar-refractivity contribution in [3.63, 3.8) is 0 Å². The van der Waals surface area contributed by atoms with Gasteiger partial charge in [0, 0.05) is 32.4 Å². The molecule has 1 aliphatic heterocycles. The number of nitrogens with zero attached hydrogens (tertiary/aromatic N) is 5. The van der Waals surface area contributed by atoms with Gasteiger partial charge in [0.25, 0.3) is 0 Å².